The van der Waals surface area contributed by atoms with Crippen molar-refractivity contribution in [1.82, 2.24) is 14.5 Å². The quantitative estimate of drug-likeness (QED) is 0.424. The molecule has 6 rings (SSSR count). The lowest BCUT2D eigenvalue weighted by atomic mass is 10.0. The van der Waals surface area contributed by atoms with Gasteiger partial charge in [0, 0.05) is 34.9 Å². The number of aromatic nitrogens is 3. The van der Waals surface area contributed by atoms with Gasteiger partial charge in [0.1, 0.15) is 5.82 Å². The number of aromatic carboxylic acids is 1. The van der Waals surface area contributed by atoms with E-state index in [0.29, 0.717) is 24.2 Å². The SMILES string of the molecule is O=C1CCc2cc(-n3c(-c4ccnc5ccccc45)nc4cc(C(=O)O)ccc43)ccc2N1. The zero-order valence-electron chi connectivity index (χ0n) is 17.4. The molecule has 7 nitrogen and oxygen atoms in total. The molecule has 0 saturated heterocycles. The Morgan fingerprint density at radius 1 is 0.970 bits per heavy atom. The van der Waals surface area contributed by atoms with E-state index in [1.807, 2.05) is 47.0 Å². The molecule has 33 heavy (non-hydrogen) atoms. The molecular weight excluding hydrogens is 416 g/mol. The molecule has 0 bridgehead atoms. The summed E-state index contributed by atoms with van der Waals surface area (Å²) in [6.07, 6.45) is 2.87. The molecule has 0 fully saturated rings. The van der Waals surface area contributed by atoms with Crippen LogP contribution in [0.5, 0.6) is 0 Å². The van der Waals surface area contributed by atoms with E-state index in [9.17, 15) is 14.7 Å². The van der Waals surface area contributed by atoms with Gasteiger partial charge in [0.15, 0.2) is 0 Å². The topological polar surface area (TPSA) is 97.1 Å². The highest BCUT2D eigenvalue weighted by atomic mass is 16.4. The first-order valence-corrected chi connectivity index (χ1v) is 10.6. The number of hydrogen-bond donors (Lipinski definition) is 2. The summed E-state index contributed by atoms with van der Waals surface area (Å²) in [4.78, 5) is 32.7. The Morgan fingerprint density at radius 2 is 1.85 bits per heavy atom. The van der Waals surface area contributed by atoms with E-state index in [4.69, 9.17) is 4.98 Å². The number of anilines is 1. The van der Waals surface area contributed by atoms with E-state index in [1.165, 1.54) is 0 Å². The van der Waals surface area contributed by atoms with E-state index in [0.717, 1.165) is 38.9 Å². The minimum atomic E-state index is -0.994. The Morgan fingerprint density at radius 3 is 2.73 bits per heavy atom. The average Bonchev–Trinajstić information content (AvgIpc) is 3.22. The summed E-state index contributed by atoms with van der Waals surface area (Å²) >= 11 is 0. The van der Waals surface area contributed by atoms with Crippen LogP contribution in [0.4, 0.5) is 5.69 Å². The van der Waals surface area contributed by atoms with Crippen molar-refractivity contribution >= 4 is 39.5 Å². The lowest BCUT2D eigenvalue weighted by Gasteiger charge is -2.19. The van der Waals surface area contributed by atoms with Gasteiger partial charge in [0.2, 0.25) is 5.91 Å². The molecule has 0 saturated carbocycles. The van der Waals surface area contributed by atoms with Crippen LogP contribution in [0, 0.1) is 0 Å². The van der Waals surface area contributed by atoms with Gasteiger partial charge in [-0.2, -0.15) is 0 Å². The third-order valence-electron chi connectivity index (χ3n) is 6.03. The monoisotopic (exact) mass is 434 g/mol. The third kappa shape index (κ3) is 3.13. The van der Waals surface area contributed by atoms with Crippen LogP contribution in [0.3, 0.4) is 0 Å². The highest BCUT2D eigenvalue weighted by Gasteiger charge is 2.20. The van der Waals surface area contributed by atoms with Crippen molar-refractivity contribution in [3.63, 3.8) is 0 Å². The summed E-state index contributed by atoms with van der Waals surface area (Å²) in [5.41, 5.74) is 6.11. The van der Waals surface area contributed by atoms with Crippen LogP contribution in [-0.2, 0) is 11.2 Å². The number of rotatable bonds is 3. The van der Waals surface area contributed by atoms with E-state index < -0.39 is 5.97 Å². The Balaban J connectivity index is 1.65. The first kappa shape index (κ1) is 19.2. The Bertz CT molecular complexity index is 1600. The third-order valence-corrected chi connectivity index (χ3v) is 6.03. The molecule has 5 aromatic rings. The fourth-order valence-electron chi connectivity index (χ4n) is 4.46. The summed E-state index contributed by atoms with van der Waals surface area (Å²) in [5, 5.41) is 13.4. The van der Waals surface area contributed by atoms with Crippen molar-refractivity contribution in [2.75, 3.05) is 5.32 Å². The van der Waals surface area contributed by atoms with E-state index in [-0.39, 0.29) is 11.5 Å². The number of pyridine rings is 1. The maximum atomic E-state index is 11.8. The minimum absolute atomic E-state index is 0.0217. The molecule has 0 atom stereocenters. The highest BCUT2D eigenvalue weighted by Crippen LogP contribution is 2.34. The van der Waals surface area contributed by atoms with Crippen molar-refractivity contribution in [1.29, 1.82) is 0 Å². The number of carboxylic acids is 1. The van der Waals surface area contributed by atoms with Crippen molar-refractivity contribution < 1.29 is 14.7 Å². The fraction of sp³-hybridized carbons (Fsp3) is 0.0769. The van der Waals surface area contributed by atoms with Gasteiger partial charge in [0.25, 0.3) is 0 Å². The first-order valence-electron chi connectivity index (χ1n) is 10.6. The standard InChI is InChI=1S/C26H18N4O3/c31-24-10-6-15-13-17(7-8-20(15)28-24)30-23-9-5-16(26(32)33)14-22(23)29-25(30)19-11-12-27-21-4-2-1-3-18(19)21/h1-5,7-9,11-14H,6,10H2,(H,28,31)(H,32,33). The van der Waals surface area contributed by atoms with Crippen molar-refractivity contribution in [2.45, 2.75) is 12.8 Å². The lowest BCUT2D eigenvalue weighted by molar-refractivity contribution is -0.116. The van der Waals surface area contributed by atoms with Crippen molar-refractivity contribution in [3.05, 3.63) is 84.1 Å². The number of fused-ring (bicyclic) bond motifs is 3. The average molecular weight is 434 g/mol. The number of hydrogen-bond acceptors (Lipinski definition) is 4. The van der Waals surface area contributed by atoms with Crippen molar-refractivity contribution in [2.24, 2.45) is 0 Å². The number of para-hydroxylation sites is 1. The number of amides is 1. The first-order chi connectivity index (χ1) is 16.1. The van der Waals surface area contributed by atoms with Crippen molar-refractivity contribution in [3.8, 4) is 17.1 Å². The largest absolute Gasteiger partial charge is 0.478 e. The summed E-state index contributed by atoms with van der Waals surface area (Å²) in [6.45, 7) is 0. The maximum Gasteiger partial charge on any atom is 0.335 e. The molecule has 3 aromatic carbocycles. The molecular formula is C26H18N4O3. The number of nitrogens with one attached hydrogen (secondary N) is 1. The van der Waals surface area contributed by atoms with Gasteiger partial charge >= 0.3 is 5.97 Å². The summed E-state index contributed by atoms with van der Waals surface area (Å²) in [6, 6.07) is 20.7. The molecule has 2 N–H and O–H groups in total. The second-order valence-electron chi connectivity index (χ2n) is 8.04. The highest BCUT2D eigenvalue weighted by molar-refractivity contribution is 5.98. The Kier molecular flexibility index (Phi) is 4.23. The van der Waals surface area contributed by atoms with Gasteiger partial charge in [-0.05, 0) is 60.5 Å². The molecule has 0 unspecified atom stereocenters. The van der Waals surface area contributed by atoms with E-state index >= 15 is 0 Å². The van der Waals surface area contributed by atoms with Crippen LogP contribution in [0.2, 0.25) is 0 Å². The number of nitrogens with zero attached hydrogens (tertiary/aromatic N) is 3. The zero-order valence-corrected chi connectivity index (χ0v) is 17.4. The molecule has 160 valence electrons. The minimum Gasteiger partial charge on any atom is -0.478 e. The second kappa shape index (κ2) is 7.27. The molecule has 0 aliphatic carbocycles. The molecule has 3 heterocycles. The van der Waals surface area contributed by atoms with E-state index in [1.54, 1.807) is 24.4 Å². The molecule has 2 aromatic heterocycles. The Hall–Kier alpha value is -4.52. The predicted molar refractivity (Wildman–Crippen MR) is 126 cm³/mol. The molecule has 1 amide bonds. The fourth-order valence-corrected chi connectivity index (χ4v) is 4.46. The predicted octanol–water partition coefficient (Wildman–Crippen LogP) is 4.82. The lowest BCUT2D eigenvalue weighted by Crippen LogP contribution is -2.19. The van der Waals surface area contributed by atoms with Gasteiger partial charge in [-0.1, -0.05) is 18.2 Å². The normalized spacial score (nSPS) is 13.2. The van der Waals surface area contributed by atoms with Gasteiger partial charge in [-0.15, -0.1) is 0 Å². The van der Waals surface area contributed by atoms with Crippen LogP contribution in [-0.4, -0.2) is 31.5 Å². The van der Waals surface area contributed by atoms with Crippen LogP contribution in [0.25, 0.3) is 39.0 Å². The summed E-state index contributed by atoms with van der Waals surface area (Å²) in [5.74, 6) is -0.272. The second-order valence-corrected chi connectivity index (χ2v) is 8.04. The Labute approximate surface area is 188 Å². The van der Waals surface area contributed by atoms with Gasteiger partial charge in [0.05, 0.1) is 22.1 Å². The van der Waals surface area contributed by atoms with Crippen LogP contribution in [0.1, 0.15) is 22.3 Å². The maximum absolute atomic E-state index is 11.8. The van der Waals surface area contributed by atoms with Crippen LogP contribution in [0.15, 0.2) is 72.9 Å². The van der Waals surface area contributed by atoms with E-state index in [2.05, 4.69) is 16.4 Å². The molecule has 7 heteroatoms. The number of carbonyl (C=O) groups is 2. The smallest absolute Gasteiger partial charge is 0.335 e. The van der Waals surface area contributed by atoms with Crippen LogP contribution < -0.4 is 5.32 Å². The van der Waals surface area contributed by atoms with Gasteiger partial charge in [-0.25, -0.2) is 9.78 Å². The summed E-state index contributed by atoms with van der Waals surface area (Å²) < 4.78 is 2.04. The molecule has 1 aliphatic heterocycles. The zero-order chi connectivity index (χ0) is 22.5. The number of carbonyl (C=O) groups excluding carboxylic acids is 1. The summed E-state index contributed by atoms with van der Waals surface area (Å²) in [7, 11) is 0. The molecule has 0 spiro atoms. The number of benzene rings is 3. The van der Waals surface area contributed by atoms with Crippen LogP contribution >= 0.6 is 0 Å². The number of carboxylic acid groups (broad SMARTS) is 1. The number of aryl methyl sites for hydroxylation is 1. The number of imidazole rings is 1. The van der Waals surface area contributed by atoms with Gasteiger partial charge < -0.3 is 10.4 Å². The molecule has 1 aliphatic rings. The van der Waals surface area contributed by atoms with Gasteiger partial charge in [-0.3, -0.25) is 14.3 Å². The molecule has 0 radical (unpaired) electrons.